The van der Waals surface area contributed by atoms with Gasteiger partial charge in [-0.2, -0.15) is 0 Å². The number of likely N-dealkylation sites (tertiary alicyclic amines) is 1. The van der Waals surface area contributed by atoms with Crippen LogP contribution in [0.15, 0.2) is 24.3 Å². The Kier molecular flexibility index (Phi) is 6.52. The molecule has 3 fully saturated rings. The smallest absolute Gasteiger partial charge is 0.229 e. The molecule has 31 heavy (non-hydrogen) atoms. The van der Waals surface area contributed by atoms with Crippen LogP contribution < -0.4 is 9.64 Å². The largest absolute Gasteiger partial charge is 0.495 e. The number of rotatable bonds is 8. The van der Waals surface area contributed by atoms with Crippen molar-refractivity contribution in [3.8, 4) is 5.75 Å². The lowest BCUT2D eigenvalue weighted by molar-refractivity contribution is -0.155. The lowest BCUT2D eigenvalue weighted by Gasteiger charge is -2.49. The average Bonchev–Trinajstić information content (AvgIpc) is 2.92. The lowest BCUT2D eigenvalue weighted by atomic mass is 9.62. The molecule has 3 aliphatic rings. The zero-order valence-corrected chi connectivity index (χ0v) is 20.0. The van der Waals surface area contributed by atoms with E-state index in [1.54, 1.807) is 7.11 Å². The van der Waals surface area contributed by atoms with Gasteiger partial charge in [-0.3, -0.25) is 9.69 Å². The summed E-state index contributed by atoms with van der Waals surface area (Å²) in [6.45, 7) is 14.3. The summed E-state index contributed by atoms with van der Waals surface area (Å²) in [5.41, 5.74) is 1.23. The van der Waals surface area contributed by atoms with Crippen LogP contribution in [0.4, 0.5) is 5.69 Å². The van der Waals surface area contributed by atoms with Crippen LogP contribution in [0.3, 0.4) is 0 Å². The molecule has 2 heterocycles. The Morgan fingerprint density at radius 1 is 1.00 bits per heavy atom. The number of methoxy groups -OCH3 is 1. The van der Waals surface area contributed by atoms with Gasteiger partial charge in [-0.1, -0.05) is 39.3 Å². The van der Waals surface area contributed by atoms with E-state index in [9.17, 15) is 4.79 Å². The molecule has 1 aromatic carbocycles. The Morgan fingerprint density at radius 2 is 1.71 bits per heavy atom. The number of amides is 1. The Bertz CT molecular complexity index is 772. The van der Waals surface area contributed by atoms with Crippen LogP contribution in [0.1, 0.15) is 52.9 Å². The van der Waals surface area contributed by atoms with Crippen LogP contribution in [-0.4, -0.2) is 68.6 Å². The van der Waals surface area contributed by atoms with E-state index in [2.05, 4.69) is 47.6 Å². The fraction of sp³-hybridized carbons (Fsp3) is 0.731. The van der Waals surface area contributed by atoms with E-state index >= 15 is 0 Å². The van der Waals surface area contributed by atoms with Gasteiger partial charge in [0.05, 0.1) is 18.2 Å². The van der Waals surface area contributed by atoms with Gasteiger partial charge in [0.1, 0.15) is 5.75 Å². The molecule has 2 atom stereocenters. The van der Waals surface area contributed by atoms with Gasteiger partial charge >= 0.3 is 0 Å². The molecule has 2 bridgehead atoms. The molecule has 4 rings (SSSR count). The minimum absolute atomic E-state index is 0.142. The maximum Gasteiger partial charge on any atom is 0.229 e. The number of carbonyl (C=O) groups is 1. The molecule has 2 aliphatic heterocycles. The summed E-state index contributed by atoms with van der Waals surface area (Å²) < 4.78 is 5.53. The molecule has 0 radical (unpaired) electrons. The highest BCUT2D eigenvalue weighted by atomic mass is 16.5. The predicted molar refractivity (Wildman–Crippen MR) is 127 cm³/mol. The van der Waals surface area contributed by atoms with E-state index in [1.165, 1.54) is 31.5 Å². The molecule has 1 aromatic rings. The molecule has 172 valence electrons. The van der Waals surface area contributed by atoms with Gasteiger partial charge in [-0.05, 0) is 55.7 Å². The number of carbonyl (C=O) groups excluding carboxylic acids is 1. The molecule has 0 aromatic heterocycles. The normalized spacial score (nSPS) is 28.3. The van der Waals surface area contributed by atoms with Crippen LogP contribution in [-0.2, 0) is 4.79 Å². The molecular formula is C26H41N3O2. The number of nitrogens with zero attached hydrogens (tertiary/aromatic N) is 3. The molecule has 5 heteroatoms. The van der Waals surface area contributed by atoms with Crippen molar-refractivity contribution >= 4 is 11.6 Å². The summed E-state index contributed by atoms with van der Waals surface area (Å²) in [6.07, 6.45) is 5.85. The van der Waals surface area contributed by atoms with Gasteiger partial charge in [0, 0.05) is 39.3 Å². The maximum atomic E-state index is 13.1. The van der Waals surface area contributed by atoms with Gasteiger partial charge < -0.3 is 14.5 Å². The molecule has 5 nitrogen and oxygen atoms in total. The highest BCUT2D eigenvalue weighted by molar-refractivity contribution is 5.85. The Labute approximate surface area is 188 Å². The van der Waals surface area contributed by atoms with E-state index in [-0.39, 0.29) is 10.8 Å². The van der Waals surface area contributed by atoms with Crippen LogP contribution >= 0.6 is 0 Å². The zero-order chi connectivity index (χ0) is 22.1. The fourth-order valence-corrected chi connectivity index (χ4v) is 6.11. The Hall–Kier alpha value is -1.75. The number of anilines is 1. The number of para-hydroxylation sites is 2. The van der Waals surface area contributed by atoms with Gasteiger partial charge in [-0.25, -0.2) is 0 Å². The van der Waals surface area contributed by atoms with E-state index in [4.69, 9.17) is 4.74 Å². The Morgan fingerprint density at radius 3 is 2.45 bits per heavy atom. The minimum Gasteiger partial charge on any atom is -0.495 e. The quantitative estimate of drug-likeness (QED) is 0.581. The van der Waals surface area contributed by atoms with Crippen LogP contribution in [0.25, 0.3) is 0 Å². The predicted octanol–water partition coefficient (Wildman–Crippen LogP) is 4.27. The first kappa shape index (κ1) is 22.4. The first-order valence-electron chi connectivity index (χ1n) is 12.3. The minimum atomic E-state index is -0.142. The first-order chi connectivity index (χ1) is 14.9. The van der Waals surface area contributed by atoms with E-state index in [0.29, 0.717) is 11.8 Å². The SMILES string of the molecule is COc1ccccc1N1CCN(CCCCCN2CC3CC[C@@](C)(C2=O)C3(C)C)CC1. The second-order valence-electron chi connectivity index (χ2n) is 10.6. The third-order valence-electron chi connectivity index (χ3n) is 8.84. The zero-order valence-electron chi connectivity index (χ0n) is 20.0. The van der Waals surface area contributed by atoms with Crippen molar-refractivity contribution < 1.29 is 9.53 Å². The average molecular weight is 428 g/mol. The van der Waals surface area contributed by atoms with Crippen LogP contribution in [0.5, 0.6) is 5.75 Å². The van der Waals surface area contributed by atoms with Gasteiger partial charge in [0.15, 0.2) is 0 Å². The third-order valence-corrected chi connectivity index (χ3v) is 8.84. The van der Waals surface area contributed by atoms with Crippen molar-refractivity contribution in [3.63, 3.8) is 0 Å². The first-order valence-corrected chi connectivity index (χ1v) is 12.3. The maximum absolute atomic E-state index is 13.1. The van der Waals surface area contributed by atoms with E-state index in [0.717, 1.165) is 57.9 Å². The van der Waals surface area contributed by atoms with Crippen molar-refractivity contribution in [2.75, 3.05) is 57.8 Å². The summed E-state index contributed by atoms with van der Waals surface area (Å²) in [5, 5.41) is 0. The van der Waals surface area contributed by atoms with E-state index in [1.807, 2.05) is 12.1 Å². The van der Waals surface area contributed by atoms with Crippen molar-refractivity contribution in [2.45, 2.75) is 52.9 Å². The summed E-state index contributed by atoms with van der Waals surface area (Å²) in [7, 11) is 1.75. The van der Waals surface area contributed by atoms with Crippen molar-refractivity contribution in [2.24, 2.45) is 16.7 Å². The number of unbranched alkanes of at least 4 members (excludes halogenated alkanes) is 2. The molecule has 1 saturated carbocycles. The summed E-state index contributed by atoms with van der Waals surface area (Å²) in [5.74, 6) is 2.06. The van der Waals surface area contributed by atoms with Gasteiger partial charge in [0.25, 0.3) is 0 Å². The summed E-state index contributed by atoms with van der Waals surface area (Å²) >= 11 is 0. The van der Waals surface area contributed by atoms with E-state index < -0.39 is 0 Å². The topological polar surface area (TPSA) is 36.0 Å². The van der Waals surface area contributed by atoms with Gasteiger partial charge in [0.2, 0.25) is 5.91 Å². The Balaban J connectivity index is 1.16. The third kappa shape index (κ3) is 4.18. The number of benzene rings is 1. The molecule has 2 saturated heterocycles. The second-order valence-corrected chi connectivity index (χ2v) is 10.6. The van der Waals surface area contributed by atoms with Crippen molar-refractivity contribution in [1.29, 1.82) is 0 Å². The monoisotopic (exact) mass is 427 g/mol. The summed E-state index contributed by atoms with van der Waals surface area (Å²) in [4.78, 5) is 20.3. The molecule has 0 N–H and O–H groups in total. The number of piperazine rings is 1. The summed E-state index contributed by atoms with van der Waals surface area (Å²) in [6, 6.07) is 8.32. The number of hydrogen-bond donors (Lipinski definition) is 0. The molecule has 0 spiro atoms. The molecule has 1 aliphatic carbocycles. The second kappa shape index (κ2) is 9.01. The molecular weight excluding hydrogens is 386 g/mol. The number of piperidine rings is 1. The fourth-order valence-electron chi connectivity index (χ4n) is 6.11. The van der Waals surface area contributed by atoms with Crippen LogP contribution in [0.2, 0.25) is 0 Å². The van der Waals surface area contributed by atoms with Crippen LogP contribution in [0, 0.1) is 16.7 Å². The highest BCUT2D eigenvalue weighted by Gasteiger charge is 2.60. The van der Waals surface area contributed by atoms with Gasteiger partial charge in [-0.15, -0.1) is 0 Å². The molecule has 1 amide bonds. The number of ether oxygens (including phenoxy) is 1. The number of fused-ring (bicyclic) bond motifs is 2. The highest BCUT2D eigenvalue weighted by Crippen LogP contribution is 2.59. The lowest BCUT2D eigenvalue weighted by Crippen LogP contribution is -2.56. The standard InChI is InChI=1S/C26H41N3O2/c1-25(2)21-12-13-26(25,3)24(30)29(20-21)15-9-5-8-14-27-16-18-28(19-17-27)22-10-6-7-11-23(22)31-4/h6-7,10-11,21H,5,8-9,12-20H2,1-4H3/t21?,26-/m0/s1. The molecule has 1 unspecified atom stereocenters. The number of hydrogen-bond acceptors (Lipinski definition) is 4. The van der Waals surface area contributed by atoms with Crippen molar-refractivity contribution in [1.82, 2.24) is 9.80 Å². The van der Waals surface area contributed by atoms with Crippen molar-refractivity contribution in [3.05, 3.63) is 24.3 Å².